The third-order valence-electron chi connectivity index (χ3n) is 0.571. The second kappa shape index (κ2) is 7.89. The first-order valence-electron chi connectivity index (χ1n) is 3.02. The first kappa shape index (κ1) is 13.4. The molecule has 0 spiro atoms. The molecule has 11 heavy (non-hydrogen) atoms. The van der Waals surface area contributed by atoms with Crippen molar-refractivity contribution in [3.63, 3.8) is 0 Å². The fourth-order valence-electron chi connectivity index (χ4n) is 0.279. The van der Waals surface area contributed by atoms with Crippen molar-refractivity contribution < 1.29 is 17.5 Å². The van der Waals surface area contributed by atoms with Gasteiger partial charge in [-0.1, -0.05) is 6.92 Å². The Morgan fingerprint density at radius 2 is 1.82 bits per heavy atom. The van der Waals surface area contributed by atoms with Gasteiger partial charge in [-0.2, -0.15) is 8.42 Å². The third-order valence-corrected chi connectivity index (χ3v) is 0.571. The van der Waals surface area contributed by atoms with Crippen LogP contribution in [0.4, 0.5) is 0 Å². The zero-order valence-corrected chi connectivity index (χ0v) is 7.13. The Labute approximate surface area is 66.4 Å². The van der Waals surface area contributed by atoms with Crippen LogP contribution in [-0.4, -0.2) is 37.2 Å². The van der Waals surface area contributed by atoms with E-state index in [1.165, 1.54) is 0 Å². The summed E-state index contributed by atoms with van der Waals surface area (Å²) in [4.78, 5) is 0. The number of hydrogen-bond acceptors (Lipinski definition) is 4. The maximum atomic E-state index is 8.74. The maximum Gasteiger partial charge on any atom is 0.394 e. The summed E-state index contributed by atoms with van der Waals surface area (Å²) in [6.07, 6.45) is 0. The van der Waals surface area contributed by atoms with E-state index in [2.05, 4.69) is 12.2 Å². The Balaban J connectivity index is 0. The summed E-state index contributed by atoms with van der Waals surface area (Å²) in [6.45, 7) is 4.77. The first-order chi connectivity index (χ1) is 4.91. The minimum absolute atomic E-state index is 0.744. The van der Waals surface area contributed by atoms with Crippen LogP contribution in [0.1, 0.15) is 6.92 Å². The van der Waals surface area contributed by atoms with Crippen molar-refractivity contribution in [3.05, 3.63) is 0 Å². The molecule has 0 amide bonds. The van der Waals surface area contributed by atoms with E-state index in [0.717, 1.165) is 19.6 Å². The van der Waals surface area contributed by atoms with Gasteiger partial charge >= 0.3 is 10.4 Å². The molecule has 0 fully saturated rings. The van der Waals surface area contributed by atoms with E-state index in [0.29, 0.717) is 0 Å². The Morgan fingerprint density at radius 3 is 1.91 bits per heavy atom. The molecule has 0 saturated carbocycles. The van der Waals surface area contributed by atoms with Gasteiger partial charge in [0, 0.05) is 13.1 Å². The van der Waals surface area contributed by atoms with Gasteiger partial charge in [-0.15, -0.1) is 0 Å². The number of likely N-dealkylation sites (N-methyl/N-ethyl adjacent to an activating group) is 1. The lowest BCUT2D eigenvalue weighted by Gasteiger charge is -1.92. The van der Waals surface area contributed by atoms with Gasteiger partial charge in [0.2, 0.25) is 0 Å². The van der Waals surface area contributed by atoms with Gasteiger partial charge in [0.05, 0.1) is 0 Å². The van der Waals surface area contributed by atoms with Gasteiger partial charge in [0.15, 0.2) is 0 Å². The zero-order valence-electron chi connectivity index (χ0n) is 6.32. The number of nitrogens with two attached hydrogens (primary N) is 1. The van der Waals surface area contributed by atoms with Crippen LogP contribution in [-0.2, 0) is 10.4 Å². The molecule has 0 heterocycles. The average molecular weight is 186 g/mol. The van der Waals surface area contributed by atoms with Gasteiger partial charge in [-0.05, 0) is 6.54 Å². The molecule has 0 unspecified atom stereocenters. The number of rotatable bonds is 3. The molecule has 0 aliphatic heterocycles. The zero-order chi connectivity index (χ0) is 9.33. The standard InChI is InChI=1S/C4H12N2.H2O4S/c1-2-6-4-3-5;1-5(2,3)4/h6H,2-5H2,1H3;(H2,1,2,3,4). The van der Waals surface area contributed by atoms with E-state index >= 15 is 0 Å². The second-order valence-electron chi connectivity index (χ2n) is 1.59. The fourth-order valence-corrected chi connectivity index (χ4v) is 0.279. The van der Waals surface area contributed by atoms with E-state index in [9.17, 15) is 0 Å². The predicted molar refractivity (Wildman–Crippen MR) is 41.8 cm³/mol. The highest BCUT2D eigenvalue weighted by Crippen LogP contribution is 1.59. The molecule has 0 aliphatic carbocycles. The Kier molecular flexibility index (Phi) is 9.60. The third kappa shape index (κ3) is 76.3. The molecule has 0 aromatic heterocycles. The SMILES string of the molecule is CCNCCN.O=S(=O)(O)O. The number of hydrogen-bond donors (Lipinski definition) is 4. The van der Waals surface area contributed by atoms with Crippen LogP contribution in [0.5, 0.6) is 0 Å². The summed E-state index contributed by atoms with van der Waals surface area (Å²) in [7, 11) is -4.67. The quantitative estimate of drug-likeness (QED) is 0.329. The molecule has 0 aliphatic rings. The molecule has 7 heteroatoms. The van der Waals surface area contributed by atoms with Crippen molar-refractivity contribution in [3.8, 4) is 0 Å². The lowest BCUT2D eigenvalue weighted by atomic mass is 10.6. The van der Waals surface area contributed by atoms with Crippen molar-refractivity contribution in [2.24, 2.45) is 5.73 Å². The number of nitrogens with one attached hydrogen (secondary N) is 1. The molecule has 0 bridgehead atoms. The van der Waals surface area contributed by atoms with Crippen LogP contribution in [0.25, 0.3) is 0 Å². The minimum Gasteiger partial charge on any atom is -0.329 e. The molecule has 6 nitrogen and oxygen atoms in total. The molecule has 0 atom stereocenters. The maximum absolute atomic E-state index is 8.74. The summed E-state index contributed by atoms with van der Waals surface area (Å²) < 4.78 is 31.6. The molecule has 0 saturated heterocycles. The van der Waals surface area contributed by atoms with Crippen LogP contribution in [0.2, 0.25) is 0 Å². The molecule has 0 aromatic rings. The van der Waals surface area contributed by atoms with Gasteiger partial charge in [0.25, 0.3) is 0 Å². The van der Waals surface area contributed by atoms with Crippen molar-refractivity contribution >= 4 is 10.4 Å². The van der Waals surface area contributed by atoms with Crippen LogP contribution in [0.3, 0.4) is 0 Å². The summed E-state index contributed by atoms with van der Waals surface area (Å²) in [6, 6.07) is 0. The summed E-state index contributed by atoms with van der Waals surface area (Å²) in [5.74, 6) is 0. The summed E-state index contributed by atoms with van der Waals surface area (Å²) in [5, 5.41) is 3.07. The monoisotopic (exact) mass is 186 g/mol. The lowest BCUT2D eigenvalue weighted by molar-refractivity contribution is 0.381. The van der Waals surface area contributed by atoms with E-state index < -0.39 is 10.4 Å². The molecule has 70 valence electrons. The molecule has 0 radical (unpaired) electrons. The smallest absolute Gasteiger partial charge is 0.329 e. The molecule has 0 aromatic carbocycles. The van der Waals surface area contributed by atoms with Crippen molar-refractivity contribution in [1.82, 2.24) is 5.32 Å². The van der Waals surface area contributed by atoms with E-state index in [1.807, 2.05) is 0 Å². The summed E-state index contributed by atoms with van der Waals surface area (Å²) >= 11 is 0. The topological polar surface area (TPSA) is 113 Å². The Morgan fingerprint density at radius 1 is 1.45 bits per heavy atom. The highest BCUT2D eigenvalue weighted by atomic mass is 32.3. The van der Waals surface area contributed by atoms with Crippen molar-refractivity contribution in [2.75, 3.05) is 19.6 Å². The van der Waals surface area contributed by atoms with Gasteiger partial charge in [0.1, 0.15) is 0 Å². The van der Waals surface area contributed by atoms with Crippen molar-refractivity contribution in [1.29, 1.82) is 0 Å². The molecule has 5 N–H and O–H groups in total. The highest BCUT2D eigenvalue weighted by molar-refractivity contribution is 7.79. The van der Waals surface area contributed by atoms with E-state index in [4.69, 9.17) is 23.3 Å². The van der Waals surface area contributed by atoms with E-state index in [1.54, 1.807) is 0 Å². The van der Waals surface area contributed by atoms with E-state index in [-0.39, 0.29) is 0 Å². The van der Waals surface area contributed by atoms with Crippen LogP contribution < -0.4 is 11.1 Å². The van der Waals surface area contributed by atoms with Gasteiger partial charge < -0.3 is 11.1 Å². The summed E-state index contributed by atoms with van der Waals surface area (Å²) in [5.41, 5.74) is 5.15. The van der Waals surface area contributed by atoms with Crippen molar-refractivity contribution in [2.45, 2.75) is 6.92 Å². The van der Waals surface area contributed by atoms with Crippen LogP contribution in [0, 0.1) is 0 Å². The highest BCUT2D eigenvalue weighted by Gasteiger charge is 1.84. The molecule has 0 rings (SSSR count). The minimum atomic E-state index is -4.67. The average Bonchev–Trinajstić information content (AvgIpc) is 1.79. The normalized spacial score (nSPS) is 10.2. The molecular formula is C4H14N2O4S. The van der Waals surface area contributed by atoms with Gasteiger partial charge in [-0.25, -0.2) is 0 Å². The molecular weight excluding hydrogens is 172 g/mol. The first-order valence-corrected chi connectivity index (χ1v) is 4.42. The van der Waals surface area contributed by atoms with Gasteiger partial charge in [-0.3, -0.25) is 9.11 Å². The van der Waals surface area contributed by atoms with Crippen LogP contribution in [0.15, 0.2) is 0 Å². The Hall–Kier alpha value is -0.210. The predicted octanol–water partition coefficient (Wildman–Crippen LogP) is -1.10. The second-order valence-corrected chi connectivity index (χ2v) is 2.49. The van der Waals surface area contributed by atoms with Crippen LogP contribution >= 0.6 is 0 Å². The Bertz CT molecular complexity index is 143. The fraction of sp³-hybridized carbons (Fsp3) is 1.00. The largest absolute Gasteiger partial charge is 0.394 e. The lowest BCUT2D eigenvalue weighted by Crippen LogP contribution is -2.21.